The fourth-order valence-corrected chi connectivity index (χ4v) is 1.88. The Balaban J connectivity index is 2.14. The first-order chi connectivity index (χ1) is 6.74. The molecule has 14 heavy (non-hydrogen) atoms. The Labute approximate surface area is 86.5 Å². The Morgan fingerprint density at radius 3 is 2.79 bits per heavy atom. The summed E-state index contributed by atoms with van der Waals surface area (Å²) in [5, 5.41) is 0. The van der Waals surface area contributed by atoms with E-state index in [1.807, 2.05) is 6.08 Å². The highest BCUT2D eigenvalue weighted by Gasteiger charge is 2.26. The van der Waals surface area contributed by atoms with Gasteiger partial charge in [0.2, 0.25) is 0 Å². The molecule has 82 valence electrons. The molecule has 1 saturated carbocycles. The van der Waals surface area contributed by atoms with Crippen LogP contribution in [0.2, 0.25) is 0 Å². The lowest BCUT2D eigenvalue weighted by Gasteiger charge is -2.32. The summed E-state index contributed by atoms with van der Waals surface area (Å²) in [5.41, 5.74) is 11.8. The van der Waals surface area contributed by atoms with Crippen LogP contribution in [-0.4, -0.2) is 24.8 Å². The number of rotatable bonds is 5. The summed E-state index contributed by atoms with van der Waals surface area (Å²) in [6.07, 6.45) is 7.14. The summed E-state index contributed by atoms with van der Waals surface area (Å²) in [7, 11) is 0. The number of ether oxygens (including phenoxy) is 1. The van der Waals surface area contributed by atoms with E-state index >= 15 is 0 Å². The maximum atomic E-state index is 5.96. The minimum absolute atomic E-state index is 0.127. The zero-order valence-electron chi connectivity index (χ0n) is 8.82. The fraction of sp³-hybridized carbons (Fsp3) is 0.818. The van der Waals surface area contributed by atoms with Gasteiger partial charge in [-0.25, -0.2) is 0 Å². The summed E-state index contributed by atoms with van der Waals surface area (Å²) in [5.74, 6) is 0. The minimum Gasteiger partial charge on any atom is -0.377 e. The van der Waals surface area contributed by atoms with E-state index < -0.39 is 0 Å². The van der Waals surface area contributed by atoms with Gasteiger partial charge in [0, 0.05) is 18.7 Å². The van der Waals surface area contributed by atoms with E-state index in [-0.39, 0.29) is 18.2 Å². The molecule has 0 aromatic carbocycles. The first-order valence-corrected chi connectivity index (χ1v) is 5.47. The Morgan fingerprint density at radius 2 is 2.14 bits per heavy atom. The molecule has 1 fully saturated rings. The van der Waals surface area contributed by atoms with E-state index in [9.17, 15) is 0 Å². The van der Waals surface area contributed by atoms with Crippen molar-refractivity contribution in [3.63, 3.8) is 0 Å². The number of hydrogen-bond acceptors (Lipinski definition) is 3. The normalized spacial score (nSPS) is 32.9. The zero-order chi connectivity index (χ0) is 10.4. The molecule has 0 spiro atoms. The quantitative estimate of drug-likeness (QED) is 0.515. The lowest BCUT2D eigenvalue weighted by molar-refractivity contribution is 0.0109. The van der Waals surface area contributed by atoms with Gasteiger partial charge in [0.1, 0.15) is 0 Å². The van der Waals surface area contributed by atoms with E-state index in [1.54, 1.807) is 0 Å². The van der Waals surface area contributed by atoms with E-state index in [0.29, 0.717) is 0 Å². The van der Waals surface area contributed by atoms with Crippen molar-refractivity contribution in [2.24, 2.45) is 11.5 Å². The van der Waals surface area contributed by atoms with Crippen molar-refractivity contribution < 1.29 is 4.74 Å². The maximum Gasteiger partial charge on any atom is 0.0727 e. The summed E-state index contributed by atoms with van der Waals surface area (Å²) in [6, 6.07) is 0.403. The minimum atomic E-state index is 0.127. The second-order valence-electron chi connectivity index (χ2n) is 4.08. The van der Waals surface area contributed by atoms with Gasteiger partial charge in [-0.1, -0.05) is 6.08 Å². The Morgan fingerprint density at radius 1 is 1.36 bits per heavy atom. The van der Waals surface area contributed by atoms with Crippen molar-refractivity contribution in [1.82, 2.24) is 0 Å². The third-order valence-corrected chi connectivity index (χ3v) is 2.76. The predicted molar refractivity (Wildman–Crippen MR) is 59.0 cm³/mol. The van der Waals surface area contributed by atoms with Crippen LogP contribution < -0.4 is 11.5 Å². The van der Waals surface area contributed by atoms with Crippen LogP contribution in [0.15, 0.2) is 12.7 Å². The molecule has 0 heterocycles. The molecule has 0 radical (unpaired) electrons. The Hall–Kier alpha value is -0.380. The molecular weight excluding hydrogens is 176 g/mol. The highest BCUT2D eigenvalue weighted by atomic mass is 16.5. The maximum absolute atomic E-state index is 5.96. The highest BCUT2D eigenvalue weighted by molar-refractivity contribution is 4.85. The van der Waals surface area contributed by atoms with Gasteiger partial charge < -0.3 is 16.2 Å². The average Bonchev–Trinajstić information content (AvgIpc) is 2.15. The van der Waals surface area contributed by atoms with Crippen molar-refractivity contribution in [2.45, 2.75) is 50.3 Å². The Bertz CT molecular complexity index is 173. The molecule has 1 aliphatic carbocycles. The van der Waals surface area contributed by atoms with Crippen molar-refractivity contribution in [3.05, 3.63) is 12.7 Å². The smallest absolute Gasteiger partial charge is 0.0727 e. The molecule has 0 bridgehead atoms. The third-order valence-electron chi connectivity index (χ3n) is 2.76. The molecule has 1 rings (SSSR count). The number of hydrogen-bond donors (Lipinski definition) is 2. The summed E-state index contributed by atoms with van der Waals surface area (Å²) < 4.78 is 5.72. The lowest BCUT2D eigenvalue weighted by Crippen LogP contribution is -2.46. The van der Waals surface area contributed by atoms with Gasteiger partial charge >= 0.3 is 0 Å². The molecule has 3 heteroatoms. The SMILES string of the molecule is C=CCCCOC1CCC(N)CC1N. The molecule has 3 nitrogen and oxygen atoms in total. The van der Waals surface area contributed by atoms with Gasteiger partial charge in [-0.3, -0.25) is 0 Å². The van der Waals surface area contributed by atoms with Crippen LogP contribution in [0.4, 0.5) is 0 Å². The largest absolute Gasteiger partial charge is 0.377 e. The predicted octanol–water partition coefficient (Wildman–Crippen LogP) is 1.18. The number of allylic oxidation sites excluding steroid dienone is 1. The second kappa shape index (κ2) is 6.17. The second-order valence-corrected chi connectivity index (χ2v) is 4.08. The van der Waals surface area contributed by atoms with Gasteiger partial charge in [-0.05, 0) is 32.1 Å². The Kier molecular flexibility index (Phi) is 5.15. The van der Waals surface area contributed by atoms with E-state index in [0.717, 1.165) is 38.7 Å². The molecule has 0 amide bonds. The van der Waals surface area contributed by atoms with Gasteiger partial charge in [0.15, 0.2) is 0 Å². The molecule has 0 saturated heterocycles. The van der Waals surface area contributed by atoms with E-state index in [2.05, 4.69) is 6.58 Å². The molecule has 0 aromatic heterocycles. The average molecular weight is 198 g/mol. The third kappa shape index (κ3) is 3.78. The lowest BCUT2D eigenvalue weighted by atomic mass is 9.89. The highest BCUT2D eigenvalue weighted by Crippen LogP contribution is 2.19. The van der Waals surface area contributed by atoms with Crippen LogP contribution in [0, 0.1) is 0 Å². The van der Waals surface area contributed by atoms with Gasteiger partial charge in [-0.15, -0.1) is 6.58 Å². The summed E-state index contributed by atoms with van der Waals surface area (Å²) in [4.78, 5) is 0. The molecule has 3 unspecified atom stereocenters. The van der Waals surface area contributed by atoms with Crippen LogP contribution >= 0.6 is 0 Å². The molecule has 0 aliphatic heterocycles. The molecular formula is C11H22N2O. The first-order valence-electron chi connectivity index (χ1n) is 5.47. The zero-order valence-corrected chi connectivity index (χ0v) is 8.82. The van der Waals surface area contributed by atoms with Crippen molar-refractivity contribution >= 4 is 0 Å². The topological polar surface area (TPSA) is 61.3 Å². The van der Waals surface area contributed by atoms with Crippen LogP contribution in [0.5, 0.6) is 0 Å². The van der Waals surface area contributed by atoms with Crippen LogP contribution in [0.25, 0.3) is 0 Å². The van der Waals surface area contributed by atoms with Gasteiger partial charge in [-0.2, -0.15) is 0 Å². The molecule has 4 N–H and O–H groups in total. The van der Waals surface area contributed by atoms with Crippen molar-refractivity contribution in [2.75, 3.05) is 6.61 Å². The van der Waals surface area contributed by atoms with Crippen LogP contribution in [0.1, 0.15) is 32.1 Å². The van der Waals surface area contributed by atoms with Crippen molar-refractivity contribution in [1.29, 1.82) is 0 Å². The number of nitrogens with two attached hydrogens (primary N) is 2. The molecule has 1 aliphatic rings. The van der Waals surface area contributed by atoms with Crippen molar-refractivity contribution in [3.8, 4) is 0 Å². The van der Waals surface area contributed by atoms with Crippen LogP contribution in [0.3, 0.4) is 0 Å². The van der Waals surface area contributed by atoms with Crippen LogP contribution in [-0.2, 0) is 4.74 Å². The summed E-state index contributed by atoms with van der Waals surface area (Å²) in [6.45, 7) is 4.46. The van der Waals surface area contributed by atoms with Gasteiger partial charge in [0.05, 0.1) is 6.10 Å². The van der Waals surface area contributed by atoms with E-state index in [4.69, 9.17) is 16.2 Å². The summed E-state index contributed by atoms with van der Waals surface area (Å²) >= 11 is 0. The molecule has 0 aromatic rings. The monoisotopic (exact) mass is 198 g/mol. The fourth-order valence-electron chi connectivity index (χ4n) is 1.88. The van der Waals surface area contributed by atoms with E-state index in [1.165, 1.54) is 0 Å². The molecule has 3 atom stereocenters. The first kappa shape index (κ1) is 11.7. The number of unbranched alkanes of at least 4 members (excludes halogenated alkanes) is 1. The van der Waals surface area contributed by atoms with Gasteiger partial charge in [0.25, 0.3) is 0 Å². The standard InChI is InChI=1S/C11H22N2O/c1-2-3-4-7-14-11-6-5-9(12)8-10(11)13/h2,9-11H,1,3-8,12-13H2.